The second kappa shape index (κ2) is 5.48. The van der Waals surface area contributed by atoms with E-state index in [1.807, 2.05) is 34.8 Å². The lowest BCUT2D eigenvalue weighted by molar-refractivity contribution is 0.212. The molecule has 4 rings (SSSR count). The van der Waals surface area contributed by atoms with Gasteiger partial charge in [0.2, 0.25) is 0 Å². The van der Waals surface area contributed by atoms with E-state index in [1.54, 1.807) is 0 Å². The quantitative estimate of drug-likeness (QED) is 0.875. The molecular formula is C18H25N5O. The molecule has 2 fully saturated rings. The number of fused-ring (bicyclic) bond motifs is 1. The molecule has 1 atom stereocenters. The molecule has 1 unspecified atom stereocenters. The molecule has 6 heteroatoms. The first-order valence-corrected chi connectivity index (χ1v) is 8.64. The molecule has 1 aromatic heterocycles. The van der Waals surface area contributed by atoms with E-state index in [9.17, 15) is 4.79 Å². The van der Waals surface area contributed by atoms with E-state index < -0.39 is 0 Å². The van der Waals surface area contributed by atoms with Gasteiger partial charge in [0.25, 0.3) is 0 Å². The molecule has 0 radical (unpaired) electrons. The number of hydrogen-bond donors (Lipinski definition) is 1. The van der Waals surface area contributed by atoms with E-state index in [1.165, 1.54) is 6.42 Å². The van der Waals surface area contributed by atoms with Crippen LogP contribution in [0.25, 0.3) is 10.9 Å². The van der Waals surface area contributed by atoms with Crippen LogP contribution in [-0.4, -0.2) is 58.8 Å². The Hall–Kier alpha value is -2.08. The van der Waals surface area contributed by atoms with E-state index in [0.717, 1.165) is 54.9 Å². The second-order valence-corrected chi connectivity index (χ2v) is 7.53. The second-order valence-electron chi connectivity index (χ2n) is 7.53. The molecule has 1 N–H and O–H groups in total. The van der Waals surface area contributed by atoms with Gasteiger partial charge in [-0.15, -0.1) is 0 Å². The largest absolute Gasteiger partial charge is 0.324 e. The monoisotopic (exact) mass is 327 g/mol. The van der Waals surface area contributed by atoms with Gasteiger partial charge in [0.05, 0.1) is 5.52 Å². The van der Waals surface area contributed by atoms with Crippen LogP contribution in [0.15, 0.2) is 18.2 Å². The third-order valence-corrected chi connectivity index (χ3v) is 5.74. The summed E-state index contributed by atoms with van der Waals surface area (Å²) in [5.41, 5.74) is 3.18. The number of hydrogen-bond acceptors (Lipinski definition) is 3. The van der Waals surface area contributed by atoms with Crippen molar-refractivity contribution >= 4 is 22.6 Å². The zero-order chi connectivity index (χ0) is 16.9. The van der Waals surface area contributed by atoms with E-state index >= 15 is 0 Å². The van der Waals surface area contributed by atoms with Crippen LogP contribution in [-0.2, 0) is 7.05 Å². The minimum atomic E-state index is 0.00781. The third kappa shape index (κ3) is 2.55. The fourth-order valence-electron chi connectivity index (χ4n) is 4.21. The first kappa shape index (κ1) is 15.4. The number of rotatable bonds is 1. The molecule has 2 aliphatic heterocycles. The lowest BCUT2D eigenvalue weighted by Gasteiger charge is -2.24. The van der Waals surface area contributed by atoms with Gasteiger partial charge in [-0.25, -0.2) is 4.79 Å². The number of nitrogens with one attached hydrogen (secondary N) is 1. The molecule has 3 heterocycles. The van der Waals surface area contributed by atoms with Gasteiger partial charge in [-0.05, 0) is 51.6 Å². The van der Waals surface area contributed by atoms with Gasteiger partial charge in [0.1, 0.15) is 0 Å². The van der Waals surface area contributed by atoms with E-state index in [-0.39, 0.29) is 6.03 Å². The van der Waals surface area contributed by atoms with Crippen LogP contribution in [0.3, 0.4) is 0 Å². The Morgan fingerprint density at radius 2 is 2.00 bits per heavy atom. The van der Waals surface area contributed by atoms with Crippen LogP contribution >= 0.6 is 0 Å². The van der Waals surface area contributed by atoms with Gasteiger partial charge >= 0.3 is 6.03 Å². The van der Waals surface area contributed by atoms with Crippen molar-refractivity contribution in [2.45, 2.75) is 19.8 Å². The molecule has 2 aliphatic rings. The van der Waals surface area contributed by atoms with Gasteiger partial charge in [0.15, 0.2) is 0 Å². The van der Waals surface area contributed by atoms with Gasteiger partial charge in [0, 0.05) is 48.9 Å². The Balaban J connectivity index is 1.46. The maximum absolute atomic E-state index is 12.6. The number of amides is 2. The zero-order valence-corrected chi connectivity index (χ0v) is 14.7. The lowest BCUT2D eigenvalue weighted by Crippen LogP contribution is -2.36. The fourth-order valence-corrected chi connectivity index (χ4v) is 4.21. The molecule has 1 aromatic carbocycles. The summed E-state index contributed by atoms with van der Waals surface area (Å²) in [6, 6.07) is 5.96. The molecule has 2 amide bonds. The zero-order valence-electron chi connectivity index (χ0n) is 14.7. The Bertz CT molecular complexity index is 798. The highest BCUT2D eigenvalue weighted by atomic mass is 16.2. The van der Waals surface area contributed by atoms with Crippen LogP contribution < -0.4 is 5.32 Å². The minimum absolute atomic E-state index is 0.00781. The minimum Gasteiger partial charge on any atom is -0.324 e. The van der Waals surface area contributed by atoms with Crippen molar-refractivity contribution in [1.82, 2.24) is 19.6 Å². The number of aromatic nitrogens is 2. The highest BCUT2D eigenvalue weighted by molar-refractivity contribution is 5.93. The van der Waals surface area contributed by atoms with Gasteiger partial charge < -0.3 is 15.1 Å². The highest BCUT2D eigenvalue weighted by Gasteiger charge is 2.43. The van der Waals surface area contributed by atoms with E-state index in [2.05, 4.69) is 29.3 Å². The molecule has 0 bridgehead atoms. The Labute approximate surface area is 142 Å². The number of anilines is 1. The van der Waals surface area contributed by atoms with Crippen molar-refractivity contribution in [1.29, 1.82) is 0 Å². The Morgan fingerprint density at radius 3 is 2.75 bits per heavy atom. The standard InChI is InChI=1S/C18H25N5O/c1-13-15-5-4-14(10-16(15)20-22(13)3)19-17(24)23-9-7-18(12-23)6-8-21(2)11-18/h4-5,10H,6-9,11-12H2,1-3H3,(H,19,24). The average Bonchev–Trinajstić information content (AvgIpc) is 3.20. The van der Waals surface area contributed by atoms with Crippen LogP contribution in [0.4, 0.5) is 10.5 Å². The topological polar surface area (TPSA) is 53.4 Å². The molecule has 1 spiro atoms. The van der Waals surface area contributed by atoms with Crippen LogP contribution in [0.2, 0.25) is 0 Å². The first-order valence-electron chi connectivity index (χ1n) is 8.64. The van der Waals surface area contributed by atoms with Crippen molar-refractivity contribution in [2.24, 2.45) is 12.5 Å². The summed E-state index contributed by atoms with van der Waals surface area (Å²) in [7, 11) is 4.11. The number of aryl methyl sites for hydroxylation is 2. The summed E-state index contributed by atoms with van der Waals surface area (Å²) in [6.07, 6.45) is 2.32. The summed E-state index contributed by atoms with van der Waals surface area (Å²) in [4.78, 5) is 17.0. The first-order chi connectivity index (χ1) is 11.5. The summed E-state index contributed by atoms with van der Waals surface area (Å²) in [5, 5.41) is 8.67. The summed E-state index contributed by atoms with van der Waals surface area (Å²) in [6.45, 7) is 6.02. The predicted octanol–water partition coefficient (Wildman–Crippen LogP) is 2.44. The molecule has 2 saturated heterocycles. The highest BCUT2D eigenvalue weighted by Crippen LogP contribution is 2.39. The Kier molecular flexibility index (Phi) is 3.53. The summed E-state index contributed by atoms with van der Waals surface area (Å²) in [5.74, 6) is 0. The van der Waals surface area contributed by atoms with Gasteiger partial charge in [-0.3, -0.25) is 4.68 Å². The SMILES string of the molecule is Cc1c2ccc(NC(=O)N3CCC4(CCN(C)C4)C3)cc2nn1C. The van der Waals surface area contributed by atoms with Gasteiger partial charge in [-0.2, -0.15) is 5.10 Å². The van der Waals surface area contributed by atoms with Crippen LogP contribution in [0.5, 0.6) is 0 Å². The van der Waals surface area contributed by atoms with E-state index in [4.69, 9.17) is 0 Å². The van der Waals surface area contributed by atoms with E-state index in [0.29, 0.717) is 5.41 Å². The van der Waals surface area contributed by atoms with Crippen molar-refractivity contribution in [3.05, 3.63) is 23.9 Å². The Morgan fingerprint density at radius 1 is 1.21 bits per heavy atom. The average molecular weight is 327 g/mol. The molecule has 6 nitrogen and oxygen atoms in total. The van der Waals surface area contributed by atoms with Crippen molar-refractivity contribution in [3.63, 3.8) is 0 Å². The van der Waals surface area contributed by atoms with Crippen LogP contribution in [0, 0.1) is 12.3 Å². The molecule has 0 saturated carbocycles. The van der Waals surface area contributed by atoms with Crippen molar-refractivity contribution < 1.29 is 4.79 Å². The molecular weight excluding hydrogens is 302 g/mol. The van der Waals surface area contributed by atoms with Gasteiger partial charge in [-0.1, -0.05) is 0 Å². The molecule has 128 valence electrons. The fraction of sp³-hybridized carbons (Fsp3) is 0.556. The number of likely N-dealkylation sites (tertiary alicyclic amines) is 2. The number of nitrogens with zero attached hydrogens (tertiary/aromatic N) is 4. The van der Waals surface area contributed by atoms with Crippen LogP contribution in [0.1, 0.15) is 18.5 Å². The number of carbonyl (C=O) groups excluding carboxylic acids is 1. The molecule has 0 aliphatic carbocycles. The number of urea groups is 1. The summed E-state index contributed by atoms with van der Waals surface area (Å²) < 4.78 is 1.87. The van der Waals surface area contributed by atoms with Crippen molar-refractivity contribution in [3.8, 4) is 0 Å². The maximum atomic E-state index is 12.6. The summed E-state index contributed by atoms with van der Waals surface area (Å²) >= 11 is 0. The molecule has 2 aromatic rings. The normalized spacial score (nSPS) is 24.4. The predicted molar refractivity (Wildman–Crippen MR) is 95.2 cm³/mol. The van der Waals surface area contributed by atoms with Crippen molar-refractivity contribution in [2.75, 3.05) is 38.5 Å². The smallest absolute Gasteiger partial charge is 0.321 e. The number of benzene rings is 1. The maximum Gasteiger partial charge on any atom is 0.321 e. The number of carbonyl (C=O) groups is 1. The lowest BCUT2D eigenvalue weighted by atomic mass is 9.86. The third-order valence-electron chi connectivity index (χ3n) is 5.74. The molecule has 24 heavy (non-hydrogen) atoms.